The van der Waals surface area contributed by atoms with E-state index in [-0.39, 0.29) is 5.56 Å². The van der Waals surface area contributed by atoms with Gasteiger partial charge in [0, 0.05) is 12.6 Å². The molecule has 1 amide bonds. The second-order valence-corrected chi connectivity index (χ2v) is 5.00. The molecule has 0 fully saturated rings. The lowest BCUT2D eigenvalue weighted by atomic mass is 10.1. The van der Waals surface area contributed by atoms with Crippen LogP contribution in [0.15, 0.2) is 36.5 Å². The maximum Gasteiger partial charge on any atom is 0.388 e. The number of rotatable bonds is 5. The number of aromatic nitrogens is 1. The highest BCUT2D eigenvalue weighted by molar-refractivity contribution is 5.96. The molecule has 1 atom stereocenters. The van der Waals surface area contributed by atoms with E-state index in [1.807, 2.05) is 0 Å². The van der Waals surface area contributed by atoms with Gasteiger partial charge in [0.2, 0.25) is 5.88 Å². The standard InChI is InChI=1S/C16H14F4N2O2/c1-9(11-5-3-4-6-13(11)18)22(2)15(23)12-7-10(17)8-21-14(12)24-16(19)20/h3-9,16H,1-2H3/t9-/m1/s1. The van der Waals surface area contributed by atoms with E-state index < -0.39 is 41.6 Å². The first-order chi connectivity index (χ1) is 11.3. The molecule has 0 N–H and O–H groups in total. The van der Waals surface area contributed by atoms with Crippen molar-refractivity contribution in [3.8, 4) is 5.88 Å². The number of ether oxygens (including phenoxy) is 1. The molecule has 4 nitrogen and oxygen atoms in total. The number of halogens is 4. The minimum Gasteiger partial charge on any atom is -0.416 e. The van der Waals surface area contributed by atoms with Crippen molar-refractivity contribution in [1.82, 2.24) is 9.88 Å². The number of pyridine rings is 1. The largest absolute Gasteiger partial charge is 0.416 e. The van der Waals surface area contributed by atoms with Gasteiger partial charge in [-0.05, 0) is 19.1 Å². The zero-order valence-electron chi connectivity index (χ0n) is 12.8. The zero-order chi connectivity index (χ0) is 17.9. The number of nitrogens with zero attached hydrogens (tertiary/aromatic N) is 2. The Bertz CT molecular complexity index is 740. The Kier molecular flexibility index (Phi) is 5.38. The zero-order valence-corrected chi connectivity index (χ0v) is 12.8. The fourth-order valence-electron chi connectivity index (χ4n) is 2.15. The van der Waals surface area contributed by atoms with Crippen LogP contribution in [0.1, 0.15) is 28.9 Å². The number of amides is 1. The molecule has 0 unspecified atom stereocenters. The van der Waals surface area contributed by atoms with Gasteiger partial charge in [0.1, 0.15) is 17.2 Å². The van der Waals surface area contributed by atoms with Crippen LogP contribution in [-0.2, 0) is 0 Å². The first kappa shape index (κ1) is 17.7. The smallest absolute Gasteiger partial charge is 0.388 e. The predicted octanol–water partition coefficient (Wildman–Crippen LogP) is 3.79. The van der Waals surface area contributed by atoms with E-state index in [0.717, 1.165) is 11.0 Å². The third kappa shape index (κ3) is 3.81. The fourth-order valence-corrected chi connectivity index (χ4v) is 2.15. The van der Waals surface area contributed by atoms with Crippen molar-refractivity contribution in [3.05, 3.63) is 59.3 Å². The molecule has 2 rings (SSSR count). The van der Waals surface area contributed by atoms with Gasteiger partial charge >= 0.3 is 6.61 Å². The van der Waals surface area contributed by atoms with E-state index in [4.69, 9.17) is 0 Å². The molecular weight excluding hydrogens is 328 g/mol. The van der Waals surface area contributed by atoms with Crippen LogP contribution in [0.4, 0.5) is 17.6 Å². The van der Waals surface area contributed by atoms with Crippen LogP contribution in [-0.4, -0.2) is 29.5 Å². The number of carbonyl (C=O) groups is 1. The molecule has 0 aliphatic heterocycles. The average Bonchev–Trinajstić information content (AvgIpc) is 2.54. The number of benzene rings is 1. The first-order valence-electron chi connectivity index (χ1n) is 6.93. The molecule has 0 radical (unpaired) electrons. The van der Waals surface area contributed by atoms with E-state index in [9.17, 15) is 22.4 Å². The fraction of sp³-hybridized carbons (Fsp3) is 0.250. The molecule has 2 aromatic rings. The van der Waals surface area contributed by atoms with Gasteiger partial charge in [-0.1, -0.05) is 18.2 Å². The summed E-state index contributed by atoms with van der Waals surface area (Å²) in [7, 11) is 1.34. The third-order valence-electron chi connectivity index (χ3n) is 3.51. The Labute approximate surface area is 135 Å². The molecule has 1 aromatic heterocycles. The van der Waals surface area contributed by atoms with Crippen molar-refractivity contribution in [1.29, 1.82) is 0 Å². The summed E-state index contributed by atoms with van der Waals surface area (Å²) in [5.74, 6) is -2.92. The van der Waals surface area contributed by atoms with Crippen molar-refractivity contribution in [2.75, 3.05) is 7.05 Å². The van der Waals surface area contributed by atoms with Crippen LogP contribution in [0, 0.1) is 11.6 Å². The maximum absolute atomic E-state index is 13.8. The monoisotopic (exact) mass is 342 g/mol. The molecule has 24 heavy (non-hydrogen) atoms. The normalized spacial score (nSPS) is 12.1. The van der Waals surface area contributed by atoms with Crippen molar-refractivity contribution in [2.24, 2.45) is 0 Å². The highest BCUT2D eigenvalue weighted by atomic mass is 19.3. The number of alkyl halides is 2. The summed E-state index contributed by atoms with van der Waals surface area (Å²) in [5.41, 5.74) is -0.241. The summed E-state index contributed by atoms with van der Waals surface area (Å²) < 4.78 is 56.2. The molecule has 8 heteroatoms. The van der Waals surface area contributed by atoms with E-state index in [2.05, 4.69) is 9.72 Å². The summed E-state index contributed by atoms with van der Waals surface area (Å²) in [6, 6.07) is 5.85. The first-order valence-corrected chi connectivity index (χ1v) is 6.93. The SMILES string of the molecule is C[C@H](c1ccccc1F)N(C)C(=O)c1cc(F)cnc1OC(F)F. The Morgan fingerprint density at radius 2 is 1.92 bits per heavy atom. The second-order valence-electron chi connectivity index (χ2n) is 5.00. The molecule has 128 valence electrons. The lowest BCUT2D eigenvalue weighted by Gasteiger charge is -2.26. The Morgan fingerprint density at radius 1 is 1.25 bits per heavy atom. The van der Waals surface area contributed by atoms with Gasteiger partial charge in [-0.3, -0.25) is 4.79 Å². The van der Waals surface area contributed by atoms with Crippen LogP contribution >= 0.6 is 0 Å². The molecule has 1 aromatic carbocycles. The Hall–Kier alpha value is -2.64. The lowest BCUT2D eigenvalue weighted by molar-refractivity contribution is -0.0534. The van der Waals surface area contributed by atoms with E-state index >= 15 is 0 Å². The molecule has 0 spiro atoms. The molecule has 0 saturated heterocycles. The van der Waals surface area contributed by atoms with Crippen molar-refractivity contribution >= 4 is 5.91 Å². The predicted molar refractivity (Wildman–Crippen MR) is 77.7 cm³/mol. The topological polar surface area (TPSA) is 42.4 Å². The maximum atomic E-state index is 13.8. The van der Waals surface area contributed by atoms with Gasteiger partial charge < -0.3 is 9.64 Å². The number of hydrogen-bond acceptors (Lipinski definition) is 3. The number of hydrogen-bond donors (Lipinski definition) is 0. The van der Waals surface area contributed by atoms with Crippen LogP contribution < -0.4 is 4.74 Å². The minimum absolute atomic E-state index is 0.231. The Morgan fingerprint density at radius 3 is 2.54 bits per heavy atom. The molecule has 0 aliphatic carbocycles. The number of carbonyl (C=O) groups excluding carboxylic acids is 1. The van der Waals surface area contributed by atoms with Gasteiger partial charge in [0.25, 0.3) is 5.91 Å². The van der Waals surface area contributed by atoms with Gasteiger partial charge in [-0.15, -0.1) is 0 Å². The summed E-state index contributed by atoms with van der Waals surface area (Å²) in [4.78, 5) is 17.0. The van der Waals surface area contributed by atoms with E-state index in [1.54, 1.807) is 13.0 Å². The van der Waals surface area contributed by atoms with Crippen molar-refractivity contribution in [3.63, 3.8) is 0 Å². The van der Waals surface area contributed by atoms with E-state index in [0.29, 0.717) is 6.20 Å². The summed E-state index contributed by atoms with van der Waals surface area (Å²) >= 11 is 0. The molecule has 1 heterocycles. The quantitative estimate of drug-likeness (QED) is 0.777. The summed E-state index contributed by atoms with van der Waals surface area (Å²) in [6.45, 7) is -1.67. The highest BCUT2D eigenvalue weighted by Crippen LogP contribution is 2.26. The lowest BCUT2D eigenvalue weighted by Crippen LogP contribution is -2.31. The van der Waals surface area contributed by atoms with Gasteiger partial charge in [-0.25, -0.2) is 13.8 Å². The summed E-state index contributed by atoms with van der Waals surface area (Å²) in [6.07, 6.45) is 0.661. The van der Waals surface area contributed by atoms with Crippen molar-refractivity contribution in [2.45, 2.75) is 19.6 Å². The van der Waals surface area contributed by atoms with Gasteiger partial charge in [0.15, 0.2) is 0 Å². The van der Waals surface area contributed by atoms with Crippen LogP contribution in [0.2, 0.25) is 0 Å². The average molecular weight is 342 g/mol. The molecule has 0 aliphatic rings. The van der Waals surface area contributed by atoms with Crippen LogP contribution in [0.25, 0.3) is 0 Å². The van der Waals surface area contributed by atoms with Crippen LogP contribution in [0.3, 0.4) is 0 Å². The van der Waals surface area contributed by atoms with Crippen molar-refractivity contribution < 1.29 is 27.1 Å². The van der Waals surface area contributed by atoms with E-state index in [1.165, 1.54) is 25.2 Å². The molecule has 0 saturated carbocycles. The Balaban J connectivity index is 2.34. The molecular formula is C16H14F4N2O2. The summed E-state index contributed by atoms with van der Waals surface area (Å²) in [5, 5.41) is 0. The molecule has 0 bridgehead atoms. The van der Waals surface area contributed by atoms with Crippen LogP contribution in [0.5, 0.6) is 5.88 Å². The van der Waals surface area contributed by atoms with Gasteiger partial charge in [-0.2, -0.15) is 8.78 Å². The second kappa shape index (κ2) is 7.29. The minimum atomic E-state index is -3.22. The van der Waals surface area contributed by atoms with Gasteiger partial charge in [0.05, 0.1) is 12.2 Å². The highest BCUT2D eigenvalue weighted by Gasteiger charge is 2.26. The third-order valence-corrected chi connectivity index (χ3v) is 3.51.